The second-order valence-corrected chi connectivity index (χ2v) is 7.00. The molecule has 0 radical (unpaired) electrons. The number of amides is 2. The third-order valence-electron chi connectivity index (χ3n) is 5.18. The number of hydrogen-bond acceptors (Lipinski definition) is 3. The number of hydrogen-bond donors (Lipinski definition) is 0. The van der Waals surface area contributed by atoms with E-state index in [4.69, 9.17) is 4.74 Å². The van der Waals surface area contributed by atoms with E-state index in [2.05, 4.69) is 6.58 Å². The molecule has 2 rings (SSSR count). The number of Topliss-reactive ketones (excluding diaryl/α,β-unsaturated/α-hetero) is 1. The topological polar surface area (TPSA) is 49.9 Å². The van der Waals surface area contributed by atoms with Gasteiger partial charge in [0.05, 0.1) is 7.11 Å². The molecular formula is C23H30N2O3. The molecule has 0 unspecified atom stereocenters. The standard InChI is InChI=1S/C23H30N2O3/c1-6-17(3)16-18(7-2)22(26)19-12-14-25(15-13-19)23(27)24(4)20-8-10-21(28-5)11-9-20/h6-11,16,19H,1,12-15H2,2-5H3/b17-16-,18-7+. The lowest BCUT2D eigenvalue weighted by atomic mass is 9.88. The molecule has 0 aromatic heterocycles. The number of likely N-dealkylation sites (tertiary alicyclic amines) is 1. The fourth-order valence-electron chi connectivity index (χ4n) is 3.30. The van der Waals surface area contributed by atoms with E-state index >= 15 is 0 Å². The quantitative estimate of drug-likeness (QED) is 0.533. The van der Waals surface area contributed by atoms with Crippen LogP contribution in [0.1, 0.15) is 26.7 Å². The van der Waals surface area contributed by atoms with E-state index < -0.39 is 0 Å². The molecule has 1 saturated heterocycles. The molecule has 1 heterocycles. The molecule has 1 fully saturated rings. The molecule has 0 aliphatic carbocycles. The van der Waals surface area contributed by atoms with Gasteiger partial charge in [0.2, 0.25) is 0 Å². The van der Waals surface area contributed by atoms with Crippen LogP contribution >= 0.6 is 0 Å². The lowest BCUT2D eigenvalue weighted by Crippen LogP contribution is -2.46. The van der Waals surface area contributed by atoms with Gasteiger partial charge in [0.25, 0.3) is 0 Å². The summed E-state index contributed by atoms with van der Waals surface area (Å²) in [4.78, 5) is 29.1. The van der Waals surface area contributed by atoms with Crippen LogP contribution in [0.5, 0.6) is 5.75 Å². The number of carbonyl (C=O) groups is 2. The van der Waals surface area contributed by atoms with Crippen molar-refractivity contribution in [2.45, 2.75) is 26.7 Å². The summed E-state index contributed by atoms with van der Waals surface area (Å²) in [5.74, 6) is 0.860. The summed E-state index contributed by atoms with van der Waals surface area (Å²) in [6.07, 6.45) is 6.83. The number of carbonyl (C=O) groups excluding carboxylic acids is 2. The molecule has 1 aromatic carbocycles. The van der Waals surface area contributed by atoms with Gasteiger partial charge in [-0.2, -0.15) is 0 Å². The number of benzene rings is 1. The van der Waals surface area contributed by atoms with Gasteiger partial charge >= 0.3 is 6.03 Å². The van der Waals surface area contributed by atoms with Gasteiger partial charge < -0.3 is 9.64 Å². The Bertz CT molecular complexity index is 770. The molecule has 0 spiro atoms. The Balaban J connectivity index is 1.97. The number of piperidine rings is 1. The van der Waals surface area contributed by atoms with Crippen LogP contribution in [-0.4, -0.2) is 44.0 Å². The first-order valence-corrected chi connectivity index (χ1v) is 9.59. The van der Waals surface area contributed by atoms with E-state index in [9.17, 15) is 9.59 Å². The SMILES string of the molecule is C=C/C(C)=C\C(=C/C)C(=O)C1CCN(C(=O)N(C)c2ccc(OC)cc2)CC1. The molecule has 0 N–H and O–H groups in total. The Morgan fingerprint density at radius 3 is 2.32 bits per heavy atom. The van der Waals surface area contributed by atoms with Crippen molar-refractivity contribution in [1.29, 1.82) is 0 Å². The Kier molecular flexibility index (Phi) is 7.61. The van der Waals surface area contributed by atoms with Crippen molar-refractivity contribution < 1.29 is 14.3 Å². The van der Waals surface area contributed by atoms with E-state index in [-0.39, 0.29) is 17.7 Å². The maximum Gasteiger partial charge on any atom is 0.324 e. The third kappa shape index (κ3) is 5.12. The predicted octanol–water partition coefficient (Wildman–Crippen LogP) is 4.61. The molecule has 0 bridgehead atoms. The number of allylic oxidation sites excluding steroid dienone is 5. The van der Waals surface area contributed by atoms with E-state index in [0.29, 0.717) is 25.9 Å². The van der Waals surface area contributed by atoms with Gasteiger partial charge in [-0.05, 0) is 57.0 Å². The first-order chi connectivity index (χ1) is 13.4. The van der Waals surface area contributed by atoms with Crippen molar-refractivity contribution >= 4 is 17.5 Å². The number of methoxy groups -OCH3 is 1. The van der Waals surface area contributed by atoms with Crippen LogP contribution in [0.25, 0.3) is 0 Å². The molecular weight excluding hydrogens is 352 g/mol. The molecule has 1 aromatic rings. The van der Waals surface area contributed by atoms with Crippen molar-refractivity contribution in [3.05, 3.63) is 60.2 Å². The highest BCUT2D eigenvalue weighted by molar-refractivity contribution is 6.00. The summed E-state index contributed by atoms with van der Waals surface area (Å²) in [5.41, 5.74) is 2.50. The molecule has 0 atom stereocenters. The molecule has 28 heavy (non-hydrogen) atoms. The summed E-state index contributed by atoms with van der Waals surface area (Å²) < 4.78 is 5.16. The first-order valence-electron chi connectivity index (χ1n) is 9.59. The molecule has 150 valence electrons. The Labute approximate surface area is 168 Å². The maximum atomic E-state index is 12.8. The monoisotopic (exact) mass is 382 g/mol. The molecule has 2 amide bonds. The lowest BCUT2D eigenvalue weighted by Gasteiger charge is -2.34. The van der Waals surface area contributed by atoms with Gasteiger partial charge in [0.1, 0.15) is 5.75 Å². The number of nitrogens with zero attached hydrogens (tertiary/aromatic N) is 2. The molecule has 1 aliphatic heterocycles. The number of anilines is 1. The third-order valence-corrected chi connectivity index (χ3v) is 5.18. The van der Waals surface area contributed by atoms with Gasteiger partial charge in [-0.1, -0.05) is 24.3 Å². The van der Waals surface area contributed by atoms with Crippen molar-refractivity contribution in [3.8, 4) is 5.75 Å². The van der Waals surface area contributed by atoms with Crippen molar-refractivity contribution in [2.24, 2.45) is 5.92 Å². The fraction of sp³-hybridized carbons (Fsp3) is 0.391. The molecule has 5 heteroatoms. The Morgan fingerprint density at radius 2 is 1.82 bits per heavy atom. The van der Waals surface area contributed by atoms with Crippen molar-refractivity contribution in [2.75, 3.05) is 32.1 Å². The van der Waals surface area contributed by atoms with Gasteiger partial charge in [-0.15, -0.1) is 0 Å². The van der Waals surface area contributed by atoms with Crippen LogP contribution < -0.4 is 9.64 Å². The lowest BCUT2D eigenvalue weighted by molar-refractivity contribution is -0.120. The summed E-state index contributed by atoms with van der Waals surface area (Å²) in [5, 5.41) is 0. The van der Waals surface area contributed by atoms with Crippen LogP contribution in [-0.2, 0) is 4.79 Å². The zero-order chi connectivity index (χ0) is 20.7. The summed E-state index contributed by atoms with van der Waals surface area (Å²) in [6.45, 7) is 8.71. The average Bonchev–Trinajstić information content (AvgIpc) is 2.75. The zero-order valence-corrected chi connectivity index (χ0v) is 17.3. The summed E-state index contributed by atoms with van der Waals surface area (Å²) >= 11 is 0. The number of rotatable bonds is 6. The number of ether oxygens (including phenoxy) is 1. The van der Waals surface area contributed by atoms with Crippen LogP contribution in [0.3, 0.4) is 0 Å². The van der Waals surface area contributed by atoms with Gasteiger partial charge in [0, 0.05) is 37.3 Å². The van der Waals surface area contributed by atoms with Crippen molar-refractivity contribution in [3.63, 3.8) is 0 Å². The van der Waals surface area contributed by atoms with Crippen LogP contribution in [0.4, 0.5) is 10.5 Å². The number of ketones is 1. The minimum Gasteiger partial charge on any atom is -0.497 e. The minimum atomic E-state index is -0.0512. The highest BCUT2D eigenvalue weighted by Gasteiger charge is 2.29. The van der Waals surface area contributed by atoms with Gasteiger partial charge in [0.15, 0.2) is 5.78 Å². The average molecular weight is 383 g/mol. The maximum absolute atomic E-state index is 12.8. The second kappa shape index (κ2) is 9.93. The minimum absolute atomic E-state index is 0.0459. The van der Waals surface area contributed by atoms with Crippen LogP contribution in [0, 0.1) is 5.92 Å². The van der Waals surface area contributed by atoms with Crippen LogP contribution in [0.2, 0.25) is 0 Å². The largest absolute Gasteiger partial charge is 0.497 e. The van der Waals surface area contributed by atoms with Crippen LogP contribution in [0.15, 0.2) is 60.2 Å². The van der Waals surface area contributed by atoms with E-state index in [1.165, 1.54) is 0 Å². The Morgan fingerprint density at radius 1 is 1.21 bits per heavy atom. The zero-order valence-electron chi connectivity index (χ0n) is 17.3. The normalized spacial score (nSPS) is 15.9. The van der Waals surface area contributed by atoms with Crippen molar-refractivity contribution in [1.82, 2.24) is 4.90 Å². The van der Waals surface area contributed by atoms with E-state index in [0.717, 1.165) is 22.6 Å². The number of urea groups is 1. The molecule has 5 nitrogen and oxygen atoms in total. The molecule has 0 saturated carbocycles. The van der Waals surface area contributed by atoms with E-state index in [1.807, 2.05) is 55.2 Å². The summed E-state index contributed by atoms with van der Waals surface area (Å²) in [7, 11) is 3.38. The Hall–Kier alpha value is -2.82. The van der Waals surface area contributed by atoms with Gasteiger partial charge in [-0.3, -0.25) is 9.69 Å². The second-order valence-electron chi connectivity index (χ2n) is 7.00. The molecule has 1 aliphatic rings. The first kappa shape index (κ1) is 21.5. The van der Waals surface area contributed by atoms with Gasteiger partial charge in [-0.25, -0.2) is 4.79 Å². The smallest absolute Gasteiger partial charge is 0.324 e. The summed E-state index contributed by atoms with van der Waals surface area (Å²) in [6, 6.07) is 7.34. The highest BCUT2D eigenvalue weighted by atomic mass is 16.5. The fourth-order valence-corrected chi connectivity index (χ4v) is 3.30. The van der Waals surface area contributed by atoms with E-state index in [1.54, 1.807) is 25.1 Å². The highest BCUT2D eigenvalue weighted by Crippen LogP contribution is 2.25. The predicted molar refractivity (Wildman–Crippen MR) is 114 cm³/mol.